The van der Waals surface area contributed by atoms with Crippen LogP contribution in [-0.2, 0) is 42.6 Å². The van der Waals surface area contributed by atoms with Gasteiger partial charge in [-0.1, -0.05) is 295 Å². The van der Waals surface area contributed by atoms with Crippen LogP contribution in [0.5, 0.6) is 0 Å². The maximum absolute atomic E-state index is 11.4. The van der Waals surface area contributed by atoms with E-state index in [0.717, 1.165) is 102 Å². The molecule has 6 aromatic rings. The number of aliphatic hydroxyl groups is 3. The second-order valence-electron chi connectivity index (χ2n) is 44.2. The van der Waals surface area contributed by atoms with E-state index in [2.05, 4.69) is 305 Å². The molecule has 5 fully saturated rings. The second-order valence-corrected chi connectivity index (χ2v) is 72.3. The van der Waals surface area contributed by atoms with E-state index in [1.165, 1.54) is 25.4 Å². The molecule has 5 aliphatic carbocycles. The standard InChI is InChI=1S/C20H35ClN4O3Si.C20H38N4OSi.C19H33N5O2Si.C19H36N4O2Si.C16H35NOSi.C4HCl2N3O2.CH4O.CH4.CH3.Pd/c1-8-15-9-16(24-20-18(25(26)27)19(21)22-11-23-20)10-17(15)28-29(12(2)3,13(4)5)14(6)7;1-8-16-9-17(24-20-18(21)11-22-12-23-20)10-19(16)25-26(13(2)3,14(4)5)15(6)7;1-12(2)27(13(3)4,14(5)6)26-18-8-16(7-15(18)10-25)24-19-17(22-23-24)9-20-11-21-19;1-12(2)26(13(3)4,14(5)6)25-18-8-16(7-15(18)10-24)23-19-17(20)9-21-11-22-19;1-8-14-9-15(17)10-16(14)18-19(11(2)3,12(4)5)13(6)7;5-3-2(9(10)11)4(6)8-1-7-3;1-2;;;/h11-17H,8-10H2,1-7H3,(H,22,23,24);11-17,19H,8-10,21H2,1-7H3,(H,22,23,24);9,11-16,18,25H,7-8,10H2,1-6H3;9,11-16,18,24H,7-8,10,20H2,1-6H3,(H,21,22,23);11-16H,8-10,17H2,1-7H3;1H;2H,1H3;1H4;1H3;/q;;;;;;;;-1;/t15-,16+,17-;16-,17+,19-;2*15-,16-,18+;14-,15+,16-;;;;;/m00110...../s1. The number of aliphatic hydroxyl groups excluding tert-OH is 3. The molecule has 12 N–H and O–H groups in total. The Morgan fingerprint density at radius 1 is 0.392 bits per heavy atom. The summed E-state index contributed by atoms with van der Waals surface area (Å²) in [7, 11) is -8.56. The molecule has 0 radical (unpaired) electrons. The van der Waals surface area contributed by atoms with Gasteiger partial charge in [-0.2, -0.15) is 0 Å². The molecular weight excluding hydrogens is 2050 g/mol. The Labute approximate surface area is 893 Å². The van der Waals surface area contributed by atoms with Gasteiger partial charge in [-0.25, -0.2) is 54.5 Å². The molecule has 0 amide bonds. The number of fused-ring (bicyclic) bond motifs is 1. The van der Waals surface area contributed by atoms with Gasteiger partial charge in [0.2, 0.25) is 62.9 Å². The molecule has 0 aliphatic heterocycles. The van der Waals surface area contributed by atoms with Crippen molar-refractivity contribution in [1.29, 1.82) is 0 Å². The molecule has 0 saturated heterocycles. The summed E-state index contributed by atoms with van der Waals surface area (Å²) < 4.78 is 37.0. The Morgan fingerprint density at radius 2 is 0.657 bits per heavy atom. The summed E-state index contributed by atoms with van der Waals surface area (Å²) in [6.07, 6.45) is 25.8. The topological polar surface area (TPSA) is 467 Å². The molecule has 822 valence electrons. The number of nitrogen functional groups attached to an aromatic ring is 2. The first-order valence-electron chi connectivity index (χ1n) is 51.8. The van der Waals surface area contributed by atoms with E-state index >= 15 is 0 Å². The number of rotatable bonds is 39. The number of nitrogens with one attached hydrogen (secondary N) is 3. The number of nitrogens with two attached hydrogens (primary N) is 3. The number of hydrogen-bond donors (Lipinski definition) is 9. The van der Waals surface area contributed by atoms with Gasteiger partial charge in [0.15, 0.2) is 22.8 Å². The van der Waals surface area contributed by atoms with E-state index in [0.29, 0.717) is 148 Å². The molecule has 6 heterocycles. The third kappa shape index (κ3) is 33.2. The van der Waals surface area contributed by atoms with Crippen LogP contribution < -0.4 is 33.2 Å². The van der Waals surface area contributed by atoms with Gasteiger partial charge >= 0.3 is 11.4 Å². The van der Waals surface area contributed by atoms with Crippen molar-refractivity contribution in [3.8, 4) is 0 Å². The van der Waals surface area contributed by atoms with Crippen LogP contribution in [0, 0.1) is 57.2 Å². The van der Waals surface area contributed by atoms with Gasteiger partial charge in [-0.15, -0.1) is 5.10 Å². The SMILES string of the molecule is C.CC(C)[Si](O[C@H]1C[C@H](Nc2ncncc2N)C[C@@H]1CO)(C(C)C)C(C)C.CC(C)[Si](O[C@H]1C[C@H](n2nnc3cncnc32)C[C@@H]1CO)(C(C)C)C(C)C.CC[C@H]1C[C@@H](N)C[C@@H]1O[Si](C(C)C)(C(C)C)C(C)C.CC[C@H]1C[C@@H](Nc2ncnc(Cl)c2[N+](=O)[O-])C[C@@H]1O[Si](C(C)C)(C(C)C)C(C)C.CC[C@H]1C[C@@H](Nc2ncncc2N)C[C@@H]1O[Si](C(C)C)(C(C)C)C(C)C.CO.O=[N+]([O-])c1c(Cl)ncnc1Cl.[CH3-].[Pd]. The van der Waals surface area contributed by atoms with E-state index in [4.69, 9.17) is 79.2 Å². The average molecular weight is 2240 g/mol. The monoisotopic (exact) mass is 2240 g/mol. The summed E-state index contributed by atoms with van der Waals surface area (Å²) in [5.41, 5.74) is 28.6. The Bertz CT molecular complexity index is 4450. The Hall–Kier alpha value is -5.14. The largest absolute Gasteiger partial charge is 0.413 e. The first-order chi connectivity index (χ1) is 65.7. The fourth-order valence-corrected chi connectivity index (χ4v) is 54.1. The van der Waals surface area contributed by atoms with Crippen LogP contribution in [0.4, 0.5) is 40.2 Å². The summed E-state index contributed by atoms with van der Waals surface area (Å²) in [5, 5.41) is 66.7. The van der Waals surface area contributed by atoms with Gasteiger partial charge in [-0.3, -0.25) is 20.2 Å². The summed E-state index contributed by atoms with van der Waals surface area (Å²) in [6.45, 7) is 76.8. The van der Waals surface area contributed by atoms with Crippen LogP contribution in [0.2, 0.25) is 98.6 Å². The van der Waals surface area contributed by atoms with Crippen molar-refractivity contribution in [1.82, 2.24) is 64.8 Å². The molecule has 6 aromatic heterocycles. The molecule has 15 atom stereocenters. The van der Waals surface area contributed by atoms with Crippen molar-refractivity contribution in [3.63, 3.8) is 0 Å². The van der Waals surface area contributed by atoms with Gasteiger partial charge in [0.05, 0.1) is 58.1 Å². The van der Waals surface area contributed by atoms with E-state index in [1.54, 1.807) is 24.9 Å². The van der Waals surface area contributed by atoms with Crippen LogP contribution in [0.15, 0.2) is 50.2 Å². The Balaban J connectivity index is 0.000000585. The van der Waals surface area contributed by atoms with E-state index in [-0.39, 0.29) is 124 Å². The van der Waals surface area contributed by atoms with Crippen LogP contribution in [0.25, 0.3) is 11.2 Å². The fourth-order valence-electron chi connectivity index (χ4n) is 25.3. The number of nitro groups is 2. The second kappa shape index (κ2) is 61.4. The van der Waals surface area contributed by atoms with E-state index < -0.39 is 57.1 Å². The third-order valence-electron chi connectivity index (χ3n) is 31.4. The predicted molar refractivity (Wildman–Crippen MR) is 597 cm³/mol. The maximum atomic E-state index is 11.4. The molecule has 11 rings (SSSR count). The number of aromatic nitrogens is 13. The molecule has 143 heavy (non-hydrogen) atoms. The smallest absolute Gasteiger partial charge is 0.348 e. The predicted octanol–water partition coefficient (Wildman–Crippen LogP) is 26.0. The van der Waals surface area contributed by atoms with Crippen molar-refractivity contribution in [3.05, 3.63) is 93.3 Å². The quantitative estimate of drug-likeness (QED) is 0.00569. The zero-order valence-corrected chi connectivity index (χ0v) is 101. The first-order valence-corrected chi connectivity index (χ1v) is 63.7. The maximum Gasteiger partial charge on any atom is 0.348 e. The third-order valence-corrected chi connectivity index (χ3v) is 62.8. The molecular formula is C101H189Cl3N21O12PdSi5-. The minimum atomic E-state index is -2.00. The molecule has 0 unspecified atom stereocenters. The van der Waals surface area contributed by atoms with Crippen molar-refractivity contribution in [2.45, 2.75) is 463 Å². The first kappa shape index (κ1) is 134. The number of halogens is 3. The minimum Gasteiger partial charge on any atom is -0.413 e. The summed E-state index contributed by atoms with van der Waals surface area (Å²) in [6, 6.07) is 1.12. The molecule has 0 spiro atoms. The van der Waals surface area contributed by atoms with Gasteiger partial charge < -0.3 is 78.0 Å². The van der Waals surface area contributed by atoms with Crippen LogP contribution in [0.1, 0.15) is 325 Å². The fraction of sp³-hybridized carbons (Fsp3) is 0.792. The number of nitrogens with zero attached hydrogens (tertiary/aromatic N) is 15. The Kier molecular flexibility index (Phi) is 57.5. The van der Waals surface area contributed by atoms with Crippen LogP contribution >= 0.6 is 34.8 Å². The van der Waals surface area contributed by atoms with E-state index in [1.807, 2.05) is 4.68 Å². The van der Waals surface area contributed by atoms with Gasteiger partial charge in [0, 0.05) is 95.1 Å². The van der Waals surface area contributed by atoms with Gasteiger partial charge in [0.25, 0.3) is 0 Å². The van der Waals surface area contributed by atoms with Crippen molar-refractivity contribution in [2.24, 2.45) is 35.3 Å². The minimum absolute atomic E-state index is 0. The number of hydrogen-bond acceptors (Lipinski definition) is 30. The summed E-state index contributed by atoms with van der Waals surface area (Å²) in [5.74, 6) is 3.58. The summed E-state index contributed by atoms with van der Waals surface area (Å²) >= 11 is 16.6. The molecule has 0 bridgehead atoms. The zero-order valence-electron chi connectivity index (χ0n) is 92.5. The van der Waals surface area contributed by atoms with Gasteiger partial charge in [0.1, 0.15) is 31.6 Å². The summed E-state index contributed by atoms with van der Waals surface area (Å²) in [4.78, 5) is 59.8. The zero-order chi connectivity index (χ0) is 106. The van der Waals surface area contributed by atoms with Crippen molar-refractivity contribution < 1.29 is 67.7 Å². The normalized spacial score (nSPS) is 22.5. The molecule has 0 aromatic carbocycles. The van der Waals surface area contributed by atoms with Crippen molar-refractivity contribution >= 4 is 128 Å². The molecule has 5 saturated carbocycles. The Morgan fingerprint density at radius 3 is 0.965 bits per heavy atom. The molecule has 33 nitrogen and oxygen atoms in total. The molecule has 42 heteroatoms. The number of anilines is 5. The van der Waals surface area contributed by atoms with E-state index in [9.17, 15) is 30.4 Å². The van der Waals surface area contributed by atoms with Crippen LogP contribution in [0.3, 0.4) is 0 Å². The van der Waals surface area contributed by atoms with Crippen molar-refractivity contribution in [2.75, 3.05) is 47.7 Å². The molecule has 5 aliphatic rings. The average Bonchev–Trinajstić information content (AvgIpc) is 1.82. The van der Waals surface area contributed by atoms with Gasteiger partial charge in [-0.05, 0) is 165 Å². The van der Waals surface area contributed by atoms with Crippen LogP contribution in [-0.4, -0.2) is 207 Å².